The summed E-state index contributed by atoms with van der Waals surface area (Å²) in [5.41, 5.74) is 3.25. The second-order valence-electron chi connectivity index (χ2n) is 7.35. The maximum Gasteiger partial charge on any atom is 0.245 e. The molecule has 4 rings (SSSR count). The summed E-state index contributed by atoms with van der Waals surface area (Å²) >= 11 is 3.67. The molecule has 4 nitrogen and oxygen atoms in total. The topological polar surface area (TPSA) is 50.3 Å². The van der Waals surface area contributed by atoms with Crippen LogP contribution in [0.4, 0.5) is 0 Å². The SMILES string of the molecule is CC[Si](CC)[C@H]1CN(S(=O)(=O)c2cccc3cccnc23)Cc2c(Br)cccc21. The van der Waals surface area contributed by atoms with Gasteiger partial charge in [0.05, 0.1) is 14.3 Å². The second-order valence-corrected chi connectivity index (χ2v) is 13.5. The highest BCUT2D eigenvalue weighted by Crippen LogP contribution is 2.38. The monoisotopic (exact) mass is 487 g/mol. The van der Waals surface area contributed by atoms with E-state index in [9.17, 15) is 8.42 Å². The lowest BCUT2D eigenvalue weighted by Gasteiger charge is -2.37. The number of sulfonamides is 1. The quantitative estimate of drug-likeness (QED) is 0.455. The molecule has 3 aromatic rings. The molecule has 0 fully saturated rings. The zero-order chi connectivity index (χ0) is 20.6. The van der Waals surface area contributed by atoms with E-state index in [0.29, 0.717) is 23.5 Å². The third kappa shape index (κ3) is 3.69. The normalized spacial score (nSPS) is 17.6. The van der Waals surface area contributed by atoms with Crippen LogP contribution in [0.1, 0.15) is 30.5 Å². The first-order valence-corrected chi connectivity index (χ1v) is 14.2. The molecule has 151 valence electrons. The Morgan fingerprint density at radius 3 is 2.59 bits per heavy atom. The molecule has 1 aliphatic rings. The number of hydrogen-bond acceptors (Lipinski definition) is 3. The highest BCUT2D eigenvalue weighted by atomic mass is 79.9. The van der Waals surface area contributed by atoms with E-state index in [0.717, 1.165) is 27.5 Å². The molecule has 1 radical (unpaired) electrons. The zero-order valence-electron chi connectivity index (χ0n) is 16.6. The molecule has 0 aliphatic carbocycles. The fraction of sp³-hybridized carbons (Fsp3) is 0.318. The first-order valence-electron chi connectivity index (χ1n) is 9.93. The van der Waals surface area contributed by atoms with Crippen LogP contribution in [0.5, 0.6) is 0 Å². The van der Waals surface area contributed by atoms with Gasteiger partial charge in [-0.25, -0.2) is 8.42 Å². The van der Waals surface area contributed by atoms with Gasteiger partial charge < -0.3 is 0 Å². The number of halogens is 1. The minimum absolute atomic E-state index is 0.286. The van der Waals surface area contributed by atoms with Gasteiger partial charge in [0.25, 0.3) is 0 Å². The van der Waals surface area contributed by atoms with Crippen molar-refractivity contribution < 1.29 is 8.42 Å². The van der Waals surface area contributed by atoms with E-state index in [1.54, 1.807) is 22.6 Å². The van der Waals surface area contributed by atoms with E-state index in [2.05, 4.69) is 46.9 Å². The van der Waals surface area contributed by atoms with Crippen molar-refractivity contribution in [1.29, 1.82) is 0 Å². The Bertz CT molecular complexity index is 1140. The Morgan fingerprint density at radius 2 is 1.83 bits per heavy atom. The molecule has 2 aromatic carbocycles. The average Bonchev–Trinajstić information content (AvgIpc) is 2.74. The molecule has 0 saturated heterocycles. The van der Waals surface area contributed by atoms with Gasteiger partial charge in [-0.3, -0.25) is 4.98 Å². The Kier molecular flexibility index (Phi) is 5.93. The van der Waals surface area contributed by atoms with Gasteiger partial charge in [0.1, 0.15) is 4.90 Å². The molecule has 2 heterocycles. The molecule has 29 heavy (non-hydrogen) atoms. The smallest absolute Gasteiger partial charge is 0.245 e. The van der Waals surface area contributed by atoms with Crippen molar-refractivity contribution in [3.8, 4) is 0 Å². The highest BCUT2D eigenvalue weighted by molar-refractivity contribution is 9.10. The van der Waals surface area contributed by atoms with Crippen molar-refractivity contribution in [2.45, 2.75) is 42.9 Å². The Labute approximate surface area is 182 Å². The highest BCUT2D eigenvalue weighted by Gasteiger charge is 2.37. The van der Waals surface area contributed by atoms with Crippen LogP contribution in [0, 0.1) is 0 Å². The van der Waals surface area contributed by atoms with Crippen LogP contribution >= 0.6 is 15.9 Å². The molecule has 0 bridgehead atoms. The Balaban J connectivity index is 1.83. The van der Waals surface area contributed by atoms with Crippen LogP contribution in [0.25, 0.3) is 10.9 Å². The minimum Gasteiger partial charge on any atom is -0.255 e. The van der Waals surface area contributed by atoms with Gasteiger partial charge in [0.2, 0.25) is 10.0 Å². The van der Waals surface area contributed by atoms with Crippen molar-refractivity contribution in [2.24, 2.45) is 0 Å². The molecule has 1 aliphatic heterocycles. The fourth-order valence-corrected chi connectivity index (χ4v) is 9.21. The third-order valence-corrected chi connectivity index (χ3v) is 11.7. The molecule has 7 heteroatoms. The van der Waals surface area contributed by atoms with E-state index >= 15 is 0 Å². The van der Waals surface area contributed by atoms with Crippen molar-refractivity contribution in [1.82, 2.24) is 9.29 Å². The molecular formula is C22H24BrN2O2SSi. The number of benzene rings is 2. The van der Waals surface area contributed by atoms with E-state index in [-0.39, 0.29) is 5.54 Å². The zero-order valence-corrected chi connectivity index (χ0v) is 20.0. The summed E-state index contributed by atoms with van der Waals surface area (Å²) in [6, 6.07) is 17.6. The summed E-state index contributed by atoms with van der Waals surface area (Å²) < 4.78 is 30.2. The Hall–Kier alpha value is -1.54. The lowest BCUT2D eigenvalue weighted by Crippen LogP contribution is -2.43. The molecule has 1 aromatic heterocycles. The minimum atomic E-state index is -3.66. The lowest BCUT2D eigenvalue weighted by molar-refractivity contribution is 0.382. The van der Waals surface area contributed by atoms with Crippen molar-refractivity contribution in [3.05, 3.63) is 70.3 Å². The number of hydrogen-bond donors (Lipinski definition) is 0. The predicted molar refractivity (Wildman–Crippen MR) is 123 cm³/mol. The van der Waals surface area contributed by atoms with Gasteiger partial charge in [-0.1, -0.05) is 72.2 Å². The van der Waals surface area contributed by atoms with Crippen LogP contribution in [-0.4, -0.2) is 33.0 Å². The maximum absolute atomic E-state index is 13.7. The summed E-state index contributed by atoms with van der Waals surface area (Å²) in [5, 5.41) is 0.843. The standard InChI is InChI=1S/C22H24BrN2O2SSi/c1-3-29(4-2)21-15-25(14-18-17(21)10-6-11-19(18)23)28(26,27)20-12-5-8-16-9-7-13-24-22(16)20/h5-13,21H,3-4,14-15H2,1-2H3/t21-/m0/s1. The number of nitrogens with zero attached hydrogens (tertiary/aromatic N) is 2. The second kappa shape index (κ2) is 8.30. The van der Waals surface area contributed by atoms with Gasteiger partial charge in [-0.05, 0) is 34.9 Å². The van der Waals surface area contributed by atoms with Crippen LogP contribution in [0.3, 0.4) is 0 Å². The van der Waals surface area contributed by atoms with Crippen molar-refractivity contribution in [2.75, 3.05) is 6.54 Å². The van der Waals surface area contributed by atoms with Gasteiger partial charge >= 0.3 is 0 Å². The molecule has 0 spiro atoms. The average molecular weight is 489 g/mol. The molecule has 0 N–H and O–H groups in total. The summed E-state index contributed by atoms with van der Waals surface area (Å²) in [6.45, 7) is 5.40. The van der Waals surface area contributed by atoms with Gasteiger partial charge in [-0.2, -0.15) is 4.31 Å². The number of rotatable bonds is 5. The largest absolute Gasteiger partial charge is 0.255 e. The summed E-state index contributed by atoms with van der Waals surface area (Å²) in [6.07, 6.45) is 1.65. The van der Waals surface area contributed by atoms with Gasteiger partial charge in [-0.15, -0.1) is 0 Å². The van der Waals surface area contributed by atoms with Gasteiger partial charge in [0.15, 0.2) is 0 Å². The number of para-hydroxylation sites is 1. The van der Waals surface area contributed by atoms with Gasteiger partial charge in [0, 0.05) is 29.1 Å². The third-order valence-electron chi connectivity index (χ3n) is 5.87. The molecular weight excluding hydrogens is 464 g/mol. The van der Waals surface area contributed by atoms with E-state index in [1.165, 1.54) is 5.56 Å². The molecule has 0 unspecified atom stereocenters. The fourth-order valence-electron chi connectivity index (χ4n) is 4.31. The van der Waals surface area contributed by atoms with Crippen LogP contribution in [-0.2, 0) is 16.6 Å². The first kappa shape index (κ1) is 20.7. The predicted octanol–water partition coefficient (Wildman–Crippen LogP) is 5.36. The van der Waals surface area contributed by atoms with Crippen molar-refractivity contribution in [3.63, 3.8) is 0 Å². The number of aromatic nitrogens is 1. The number of pyridine rings is 1. The maximum atomic E-state index is 13.7. The lowest BCUT2D eigenvalue weighted by atomic mass is 10.0. The van der Waals surface area contributed by atoms with E-state index in [4.69, 9.17) is 0 Å². The number of fused-ring (bicyclic) bond motifs is 2. The summed E-state index contributed by atoms with van der Waals surface area (Å²) in [5.74, 6) is 0. The van der Waals surface area contributed by atoms with Crippen molar-refractivity contribution >= 4 is 45.7 Å². The molecule has 0 saturated carbocycles. The Morgan fingerprint density at radius 1 is 1.10 bits per heavy atom. The van der Waals surface area contributed by atoms with Crippen LogP contribution in [0.2, 0.25) is 12.1 Å². The van der Waals surface area contributed by atoms with E-state index < -0.39 is 18.8 Å². The molecule has 1 atom stereocenters. The summed E-state index contributed by atoms with van der Waals surface area (Å²) in [4.78, 5) is 4.68. The van der Waals surface area contributed by atoms with Crippen LogP contribution < -0.4 is 0 Å². The molecule has 0 amide bonds. The first-order chi connectivity index (χ1) is 14.0. The summed E-state index contributed by atoms with van der Waals surface area (Å²) in [7, 11) is -4.38. The van der Waals surface area contributed by atoms with Crippen LogP contribution in [0.15, 0.2) is 64.1 Å². The van der Waals surface area contributed by atoms with E-state index in [1.807, 2.05) is 24.3 Å².